The van der Waals surface area contributed by atoms with Gasteiger partial charge in [0.2, 0.25) is 15.9 Å². The smallest absolute Gasteiger partial charge is 0.351 e. The van der Waals surface area contributed by atoms with Gasteiger partial charge in [0, 0.05) is 24.2 Å². The maximum absolute atomic E-state index is 14.4. The highest BCUT2D eigenvalue weighted by Crippen LogP contribution is 2.32. The van der Waals surface area contributed by atoms with E-state index >= 15 is 0 Å². The Kier molecular flexibility index (Phi) is 8.56. The van der Waals surface area contributed by atoms with Crippen LogP contribution in [0.5, 0.6) is 0 Å². The molecule has 0 saturated carbocycles. The van der Waals surface area contributed by atoms with Crippen LogP contribution in [0.3, 0.4) is 0 Å². The Morgan fingerprint density at radius 1 is 1.00 bits per heavy atom. The average molecular weight is 562 g/mol. The number of hydrogen-bond acceptors (Lipinski definition) is 4. The van der Waals surface area contributed by atoms with Crippen LogP contribution >= 0.6 is 11.6 Å². The van der Waals surface area contributed by atoms with Crippen molar-refractivity contribution in [2.75, 3.05) is 6.26 Å². The lowest BCUT2D eigenvalue weighted by atomic mass is 9.98. The third kappa shape index (κ3) is 7.46. The molecule has 1 atom stereocenters. The van der Waals surface area contributed by atoms with Crippen molar-refractivity contribution in [2.45, 2.75) is 32.1 Å². The number of carbonyl (C=O) groups excluding carboxylic acids is 1. The number of nitrogens with one attached hydrogen (secondary N) is 2. The van der Waals surface area contributed by atoms with Crippen molar-refractivity contribution in [3.63, 3.8) is 0 Å². The van der Waals surface area contributed by atoms with Crippen molar-refractivity contribution in [1.82, 2.24) is 15.0 Å². The maximum Gasteiger partial charge on any atom is 0.433 e. The quantitative estimate of drug-likeness (QED) is 0.372. The van der Waals surface area contributed by atoms with E-state index in [0.717, 1.165) is 36.6 Å². The fourth-order valence-electron chi connectivity index (χ4n) is 3.35. The topological polar surface area (TPSA) is 88.2 Å². The summed E-state index contributed by atoms with van der Waals surface area (Å²) in [5.74, 6) is -2.87. The first kappa shape index (κ1) is 28.5. The second-order valence-corrected chi connectivity index (χ2v) is 10.5. The Bertz CT molecular complexity index is 1430. The summed E-state index contributed by atoms with van der Waals surface area (Å²) in [6.07, 6.45) is -3.80. The Balaban J connectivity index is 1.81. The summed E-state index contributed by atoms with van der Waals surface area (Å²) in [5.41, 5.74) is -0.597. The summed E-state index contributed by atoms with van der Waals surface area (Å²) >= 11 is 5.79. The summed E-state index contributed by atoms with van der Waals surface area (Å²) in [4.78, 5) is 16.4. The first-order valence-corrected chi connectivity index (χ1v) is 13.0. The Morgan fingerprint density at radius 2 is 1.68 bits per heavy atom. The maximum atomic E-state index is 14.4. The first-order valence-electron chi connectivity index (χ1n) is 10.7. The molecule has 0 unspecified atom stereocenters. The monoisotopic (exact) mass is 561 g/mol. The normalized spacial score (nSPS) is 12.9. The van der Waals surface area contributed by atoms with Gasteiger partial charge in [-0.1, -0.05) is 29.8 Å². The molecule has 2 aromatic carbocycles. The largest absolute Gasteiger partial charge is 0.433 e. The van der Waals surface area contributed by atoms with Gasteiger partial charge >= 0.3 is 6.18 Å². The number of carbonyl (C=O) groups is 1. The molecule has 0 aliphatic carbocycles. The fraction of sp³-hybridized carbons (Fsp3) is 0.250. The van der Waals surface area contributed by atoms with Gasteiger partial charge in [0.25, 0.3) is 0 Å². The zero-order valence-corrected chi connectivity index (χ0v) is 21.0. The van der Waals surface area contributed by atoms with E-state index in [9.17, 15) is 35.2 Å². The average Bonchev–Trinajstić information content (AvgIpc) is 2.81. The van der Waals surface area contributed by atoms with E-state index in [4.69, 9.17) is 11.6 Å². The Morgan fingerprint density at radius 3 is 2.27 bits per heavy atom. The van der Waals surface area contributed by atoms with Gasteiger partial charge < -0.3 is 5.32 Å². The van der Waals surface area contributed by atoms with Gasteiger partial charge in [-0.3, -0.25) is 4.79 Å². The molecule has 0 spiro atoms. The lowest BCUT2D eigenvalue weighted by Gasteiger charge is -2.16. The van der Waals surface area contributed by atoms with E-state index in [1.807, 2.05) is 0 Å². The minimum atomic E-state index is -4.73. The van der Waals surface area contributed by atoms with E-state index < -0.39 is 45.4 Å². The summed E-state index contributed by atoms with van der Waals surface area (Å²) in [6.45, 7) is 1.02. The van der Waals surface area contributed by atoms with Crippen molar-refractivity contribution in [3.05, 3.63) is 87.6 Å². The van der Waals surface area contributed by atoms with Gasteiger partial charge in [0.15, 0.2) is 0 Å². The molecule has 2 N–H and O–H groups in total. The summed E-state index contributed by atoms with van der Waals surface area (Å²) < 4.78 is 92.4. The Labute approximate surface area is 214 Å². The number of benzene rings is 2. The van der Waals surface area contributed by atoms with Crippen molar-refractivity contribution in [2.24, 2.45) is 0 Å². The number of pyridine rings is 1. The van der Waals surface area contributed by atoms with Crippen LogP contribution in [-0.4, -0.2) is 25.6 Å². The van der Waals surface area contributed by atoms with Crippen molar-refractivity contribution < 1.29 is 35.2 Å². The lowest BCUT2D eigenvalue weighted by Crippen LogP contribution is -2.28. The molecule has 13 heteroatoms. The molecule has 1 heterocycles. The van der Waals surface area contributed by atoms with Crippen molar-refractivity contribution >= 4 is 27.5 Å². The molecule has 0 saturated heterocycles. The molecule has 6 nitrogen and oxygen atoms in total. The number of alkyl halides is 3. The minimum Gasteiger partial charge on any atom is -0.351 e. The molecular weight excluding hydrogens is 541 g/mol. The molecule has 3 rings (SSSR count). The molecule has 0 bridgehead atoms. The second kappa shape index (κ2) is 11.1. The highest BCUT2D eigenvalue weighted by Gasteiger charge is 2.33. The van der Waals surface area contributed by atoms with E-state index in [0.29, 0.717) is 5.56 Å². The number of aromatic nitrogens is 1. The van der Waals surface area contributed by atoms with E-state index in [-0.39, 0.29) is 40.5 Å². The number of amides is 1. The van der Waals surface area contributed by atoms with Crippen LogP contribution < -0.4 is 10.0 Å². The SMILES string of the molecule is C[C@@H](C(=O)NCc1ccc(C(F)(F)F)nc1-c1ccc(F)c(Cl)c1)c1ccc(CNS(C)(=O)=O)c(F)c1. The van der Waals surface area contributed by atoms with Gasteiger partial charge in [-0.2, -0.15) is 13.2 Å². The van der Waals surface area contributed by atoms with Crippen LogP contribution in [0.15, 0.2) is 48.5 Å². The Hall–Kier alpha value is -3.09. The van der Waals surface area contributed by atoms with Gasteiger partial charge in [-0.25, -0.2) is 26.9 Å². The standard InChI is InChI=1S/C24H21ClF5N3O3S/c1-13(14-3-4-16(20(27)10-14)12-32-37(2,35)36)23(34)31-11-17-6-8-21(24(28,29)30)33-22(17)15-5-7-19(26)18(25)9-15/h3-10,13,32H,11-12H2,1-2H3,(H,31,34)/t13-/m1/s1. The van der Waals surface area contributed by atoms with Crippen LogP contribution in [0.1, 0.15) is 35.2 Å². The number of hydrogen-bond donors (Lipinski definition) is 2. The molecular formula is C24H21ClF5N3O3S. The fourth-order valence-corrected chi connectivity index (χ4v) is 3.95. The highest BCUT2D eigenvalue weighted by molar-refractivity contribution is 7.88. The van der Waals surface area contributed by atoms with Crippen LogP contribution in [0.2, 0.25) is 5.02 Å². The van der Waals surface area contributed by atoms with Crippen molar-refractivity contribution in [3.8, 4) is 11.3 Å². The predicted molar refractivity (Wildman–Crippen MR) is 128 cm³/mol. The number of rotatable bonds is 8. The number of sulfonamides is 1. The third-order valence-corrected chi connectivity index (χ3v) is 6.37. The van der Waals surface area contributed by atoms with E-state index in [1.165, 1.54) is 25.1 Å². The first-order chi connectivity index (χ1) is 17.2. The second-order valence-electron chi connectivity index (χ2n) is 8.21. The molecule has 0 fully saturated rings. The molecule has 0 aliphatic heterocycles. The highest BCUT2D eigenvalue weighted by atomic mass is 35.5. The van der Waals surface area contributed by atoms with E-state index in [2.05, 4.69) is 15.0 Å². The summed E-state index contributed by atoms with van der Waals surface area (Å²) in [5, 5.41) is 2.28. The van der Waals surface area contributed by atoms with Crippen LogP contribution in [-0.2, 0) is 34.1 Å². The van der Waals surface area contributed by atoms with E-state index in [1.54, 1.807) is 0 Å². The lowest BCUT2D eigenvalue weighted by molar-refractivity contribution is -0.141. The van der Waals surface area contributed by atoms with Gasteiger partial charge in [-0.15, -0.1) is 0 Å². The predicted octanol–water partition coefficient (Wildman–Crippen LogP) is 5.17. The molecule has 1 aromatic heterocycles. The van der Waals surface area contributed by atoms with Gasteiger partial charge in [0.05, 0.1) is 22.9 Å². The molecule has 0 radical (unpaired) electrons. The van der Waals surface area contributed by atoms with Crippen molar-refractivity contribution in [1.29, 1.82) is 0 Å². The van der Waals surface area contributed by atoms with Crippen LogP contribution in [0, 0.1) is 11.6 Å². The van der Waals surface area contributed by atoms with Crippen LogP contribution in [0.25, 0.3) is 11.3 Å². The summed E-state index contributed by atoms with van der Waals surface area (Å²) in [6, 6.07) is 9.19. The summed E-state index contributed by atoms with van der Waals surface area (Å²) in [7, 11) is -3.53. The zero-order chi connectivity index (χ0) is 27.5. The van der Waals surface area contributed by atoms with Crippen LogP contribution in [0.4, 0.5) is 22.0 Å². The number of nitrogens with zero attached hydrogens (tertiary/aromatic N) is 1. The third-order valence-electron chi connectivity index (χ3n) is 5.41. The molecule has 3 aromatic rings. The zero-order valence-electron chi connectivity index (χ0n) is 19.5. The van der Waals surface area contributed by atoms with Gasteiger partial charge in [-0.05, 0) is 48.4 Å². The molecule has 198 valence electrons. The molecule has 1 amide bonds. The minimum absolute atomic E-state index is 0.0835. The molecule has 37 heavy (non-hydrogen) atoms. The number of halogens is 6. The van der Waals surface area contributed by atoms with Gasteiger partial charge in [0.1, 0.15) is 17.3 Å². The molecule has 0 aliphatic rings.